The van der Waals surface area contributed by atoms with E-state index in [1.54, 1.807) is 6.20 Å². The summed E-state index contributed by atoms with van der Waals surface area (Å²) >= 11 is 0. The number of anilines is 2. The van der Waals surface area contributed by atoms with Crippen molar-refractivity contribution in [1.29, 1.82) is 0 Å². The van der Waals surface area contributed by atoms with Gasteiger partial charge in [-0.3, -0.25) is 0 Å². The van der Waals surface area contributed by atoms with Gasteiger partial charge in [-0.25, -0.2) is 9.78 Å². The van der Waals surface area contributed by atoms with Crippen molar-refractivity contribution in [2.24, 2.45) is 0 Å². The average Bonchev–Trinajstić information content (AvgIpc) is 2.86. The van der Waals surface area contributed by atoms with Crippen LogP contribution in [0.1, 0.15) is 18.4 Å². The highest BCUT2D eigenvalue weighted by molar-refractivity contribution is 5.74. The highest BCUT2D eigenvalue weighted by Gasteiger charge is 2.28. The van der Waals surface area contributed by atoms with Gasteiger partial charge in [0.15, 0.2) is 0 Å². The van der Waals surface area contributed by atoms with Gasteiger partial charge in [0.2, 0.25) is 5.88 Å². The van der Waals surface area contributed by atoms with Crippen LogP contribution < -0.4 is 20.7 Å². The first-order chi connectivity index (χ1) is 9.65. The second-order valence-corrected chi connectivity index (χ2v) is 5.18. The first-order valence-corrected chi connectivity index (χ1v) is 6.79. The van der Waals surface area contributed by atoms with Gasteiger partial charge in [0.05, 0.1) is 24.2 Å². The van der Waals surface area contributed by atoms with E-state index in [9.17, 15) is 4.79 Å². The van der Waals surface area contributed by atoms with E-state index in [-0.39, 0.29) is 6.04 Å². The number of hydrogen-bond donors (Lipinski definition) is 3. The minimum absolute atomic E-state index is 0.0632. The molecule has 4 N–H and O–H groups in total. The molecule has 0 saturated carbocycles. The van der Waals surface area contributed by atoms with Gasteiger partial charge in [0.1, 0.15) is 0 Å². The van der Waals surface area contributed by atoms with Crippen LogP contribution in [0.4, 0.5) is 16.2 Å². The zero-order chi connectivity index (χ0) is 14.1. The number of ether oxygens (including phenoxy) is 1. The van der Waals surface area contributed by atoms with E-state index in [1.165, 1.54) is 0 Å². The summed E-state index contributed by atoms with van der Waals surface area (Å²) < 4.78 is 5.47. The van der Waals surface area contributed by atoms with Crippen LogP contribution in [0, 0.1) is 0 Å². The number of nitrogens with two attached hydrogens (primary N) is 1. The summed E-state index contributed by atoms with van der Waals surface area (Å²) in [5, 5.41) is 11.4. The van der Waals surface area contributed by atoms with Crippen molar-refractivity contribution < 1.29 is 14.6 Å². The van der Waals surface area contributed by atoms with Gasteiger partial charge in [-0.05, 0) is 12.8 Å². The maximum absolute atomic E-state index is 10.8. The molecular formula is C13H18N4O3. The molecule has 0 spiro atoms. The lowest BCUT2D eigenvalue weighted by atomic mass is 10.0. The highest BCUT2D eigenvalue weighted by Crippen LogP contribution is 2.37. The van der Waals surface area contributed by atoms with Gasteiger partial charge in [-0.1, -0.05) is 0 Å². The third kappa shape index (κ3) is 2.31. The summed E-state index contributed by atoms with van der Waals surface area (Å²) in [4.78, 5) is 17.1. The van der Waals surface area contributed by atoms with Crippen molar-refractivity contribution in [2.45, 2.75) is 25.3 Å². The first kappa shape index (κ1) is 12.8. The molecule has 1 aromatic heterocycles. The Morgan fingerprint density at radius 2 is 2.45 bits per heavy atom. The number of piperidine rings is 1. The molecule has 1 fully saturated rings. The molecule has 7 heteroatoms. The van der Waals surface area contributed by atoms with E-state index >= 15 is 0 Å². The van der Waals surface area contributed by atoms with Crippen molar-refractivity contribution in [3.63, 3.8) is 0 Å². The van der Waals surface area contributed by atoms with E-state index in [2.05, 4.69) is 15.2 Å². The summed E-state index contributed by atoms with van der Waals surface area (Å²) in [7, 11) is 0. The summed E-state index contributed by atoms with van der Waals surface area (Å²) in [6.07, 6.45) is 3.23. The molecule has 3 heterocycles. The summed E-state index contributed by atoms with van der Waals surface area (Å²) in [6.45, 7) is 2.13. The Bertz CT molecular complexity index is 535. The van der Waals surface area contributed by atoms with E-state index in [0.29, 0.717) is 24.7 Å². The van der Waals surface area contributed by atoms with Gasteiger partial charge in [-0.2, -0.15) is 0 Å². The lowest BCUT2D eigenvalue weighted by Gasteiger charge is -2.35. The molecule has 1 aromatic rings. The maximum atomic E-state index is 10.8. The fourth-order valence-electron chi connectivity index (χ4n) is 2.99. The molecule has 0 radical (unpaired) electrons. The van der Waals surface area contributed by atoms with E-state index < -0.39 is 6.09 Å². The number of aromatic nitrogens is 1. The topological polar surface area (TPSA) is 101 Å². The van der Waals surface area contributed by atoms with Gasteiger partial charge in [-0.15, -0.1) is 0 Å². The Labute approximate surface area is 116 Å². The first-order valence-electron chi connectivity index (χ1n) is 6.79. The lowest BCUT2D eigenvalue weighted by molar-refractivity contribution is 0.188. The van der Waals surface area contributed by atoms with Crippen molar-refractivity contribution >= 4 is 17.5 Å². The zero-order valence-electron chi connectivity index (χ0n) is 11.1. The predicted molar refractivity (Wildman–Crippen MR) is 74.2 cm³/mol. The number of carbonyl (C=O) groups is 1. The van der Waals surface area contributed by atoms with Gasteiger partial charge in [0.25, 0.3) is 0 Å². The molecule has 1 amide bonds. The molecule has 1 atom stereocenters. The summed E-state index contributed by atoms with van der Waals surface area (Å²) in [5.41, 5.74) is 8.71. The molecule has 20 heavy (non-hydrogen) atoms. The molecule has 108 valence electrons. The molecule has 0 aromatic carbocycles. The minimum Gasteiger partial charge on any atom is -0.477 e. The van der Waals surface area contributed by atoms with E-state index in [1.807, 2.05) is 0 Å². The standard InChI is InChI=1S/C13H18N4O3/c14-10-6-15-12-9(3-5-20-12)11(10)17-4-1-2-8(7-17)16-13(18)19/h6,8,16H,1-5,7,14H2,(H,18,19)/t8-/m0/s1. The number of pyridine rings is 1. The normalized spacial score (nSPS) is 21.2. The van der Waals surface area contributed by atoms with Crippen LogP contribution in [0.3, 0.4) is 0 Å². The summed E-state index contributed by atoms with van der Waals surface area (Å²) in [5.74, 6) is 0.655. The smallest absolute Gasteiger partial charge is 0.404 e. The number of amides is 1. The monoisotopic (exact) mass is 278 g/mol. The molecule has 1 saturated heterocycles. The molecule has 0 bridgehead atoms. The second-order valence-electron chi connectivity index (χ2n) is 5.18. The van der Waals surface area contributed by atoms with Gasteiger partial charge in [0, 0.05) is 31.1 Å². The number of nitrogens with one attached hydrogen (secondary N) is 1. The Hall–Kier alpha value is -2.18. The molecule has 3 rings (SSSR count). The van der Waals surface area contributed by atoms with Crippen molar-refractivity contribution in [3.05, 3.63) is 11.8 Å². The SMILES string of the molecule is Nc1cnc2c(c1N1CCC[C@H](NC(=O)O)C1)CCO2. The molecule has 7 nitrogen and oxygen atoms in total. The van der Waals surface area contributed by atoms with E-state index in [0.717, 1.165) is 37.1 Å². The van der Waals surface area contributed by atoms with Crippen LogP contribution in [0.5, 0.6) is 5.88 Å². The fraction of sp³-hybridized carbons (Fsp3) is 0.538. The predicted octanol–water partition coefficient (Wildman–Crippen LogP) is 0.835. The number of rotatable bonds is 2. The fourth-order valence-corrected chi connectivity index (χ4v) is 2.99. The van der Waals surface area contributed by atoms with Crippen LogP contribution in [-0.4, -0.2) is 41.9 Å². The Kier molecular flexibility index (Phi) is 3.25. The van der Waals surface area contributed by atoms with Crippen molar-refractivity contribution in [3.8, 4) is 5.88 Å². The van der Waals surface area contributed by atoms with Crippen molar-refractivity contribution in [2.75, 3.05) is 30.3 Å². The largest absolute Gasteiger partial charge is 0.477 e. The third-order valence-corrected chi connectivity index (χ3v) is 3.79. The van der Waals surface area contributed by atoms with Gasteiger partial charge < -0.3 is 25.8 Å². The number of hydrogen-bond acceptors (Lipinski definition) is 5. The Morgan fingerprint density at radius 3 is 3.25 bits per heavy atom. The van der Waals surface area contributed by atoms with Gasteiger partial charge >= 0.3 is 6.09 Å². The molecule has 2 aliphatic rings. The Balaban J connectivity index is 1.85. The van der Waals surface area contributed by atoms with Crippen LogP contribution >= 0.6 is 0 Å². The molecule has 0 aliphatic carbocycles. The quantitative estimate of drug-likeness (QED) is 0.741. The number of nitrogen functional groups attached to an aromatic ring is 1. The maximum Gasteiger partial charge on any atom is 0.404 e. The number of fused-ring (bicyclic) bond motifs is 1. The van der Waals surface area contributed by atoms with Crippen LogP contribution in [0.15, 0.2) is 6.20 Å². The second kappa shape index (κ2) is 5.07. The van der Waals surface area contributed by atoms with Crippen LogP contribution in [0.25, 0.3) is 0 Å². The third-order valence-electron chi connectivity index (χ3n) is 3.79. The zero-order valence-corrected chi connectivity index (χ0v) is 11.1. The molecular weight excluding hydrogens is 260 g/mol. The highest BCUT2D eigenvalue weighted by atomic mass is 16.5. The Morgan fingerprint density at radius 1 is 1.60 bits per heavy atom. The van der Waals surface area contributed by atoms with Crippen molar-refractivity contribution in [1.82, 2.24) is 10.3 Å². The van der Waals surface area contributed by atoms with Crippen LogP contribution in [0.2, 0.25) is 0 Å². The summed E-state index contributed by atoms with van der Waals surface area (Å²) in [6, 6.07) is -0.0632. The van der Waals surface area contributed by atoms with E-state index in [4.69, 9.17) is 15.6 Å². The molecule has 2 aliphatic heterocycles. The minimum atomic E-state index is -0.979. The molecule has 0 unspecified atom stereocenters. The lowest BCUT2D eigenvalue weighted by Crippen LogP contribution is -2.47. The number of carboxylic acid groups (broad SMARTS) is 1. The van der Waals surface area contributed by atoms with Crippen LogP contribution in [-0.2, 0) is 6.42 Å². The average molecular weight is 278 g/mol. The number of nitrogens with zero attached hydrogens (tertiary/aromatic N) is 2.